The highest BCUT2D eigenvalue weighted by molar-refractivity contribution is 5.22. The van der Waals surface area contributed by atoms with Gasteiger partial charge in [0, 0.05) is 44.0 Å². The molecule has 1 atom stereocenters. The molecule has 118 valence electrons. The van der Waals surface area contributed by atoms with E-state index in [0.29, 0.717) is 6.10 Å². The first-order valence-electron chi connectivity index (χ1n) is 8.14. The van der Waals surface area contributed by atoms with Crippen LogP contribution in [-0.2, 0) is 11.3 Å². The van der Waals surface area contributed by atoms with Gasteiger partial charge in [0.1, 0.15) is 0 Å². The zero-order valence-corrected chi connectivity index (χ0v) is 13.6. The van der Waals surface area contributed by atoms with Crippen molar-refractivity contribution in [1.29, 1.82) is 0 Å². The molecule has 0 unspecified atom stereocenters. The van der Waals surface area contributed by atoms with E-state index >= 15 is 0 Å². The molecular formula is C16H28N4O. The molecule has 1 aromatic rings. The van der Waals surface area contributed by atoms with Crippen molar-refractivity contribution in [3.05, 3.63) is 17.0 Å². The van der Waals surface area contributed by atoms with E-state index in [-0.39, 0.29) is 0 Å². The minimum Gasteiger partial charge on any atom is -0.374 e. The Kier molecular flexibility index (Phi) is 4.62. The van der Waals surface area contributed by atoms with Gasteiger partial charge in [-0.05, 0) is 39.7 Å². The maximum atomic E-state index is 5.95. The fraction of sp³-hybridized carbons (Fsp3) is 0.812. The molecule has 2 aliphatic rings. The van der Waals surface area contributed by atoms with Crippen molar-refractivity contribution in [3.63, 3.8) is 0 Å². The lowest BCUT2D eigenvalue weighted by atomic mass is 10.1. The Morgan fingerprint density at radius 3 is 2.81 bits per heavy atom. The van der Waals surface area contributed by atoms with E-state index in [1.807, 2.05) is 0 Å². The largest absolute Gasteiger partial charge is 0.374 e. The van der Waals surface area contributed by atoms with Crippen LogP contribution in [0.15, 0.2) is 0 Å². The van der Waals surface area contributed by atoms with Crippen molar-refractivity contribution in [2.45, 2.75) is 39.3 Å². The predicted octanol–water partition coefficient (Wildman–Crippen LogP) is 1.57. The Hall–Kier alpha value is -0.910. The molecule has 21 heavy (non-hydrogen) atoms. The van der Waals surface area contributed by atoms with Crippen LogP contribution in [0.4, 0.5) is 0 Å². The third kappa shape index (κ3) is 4.05. The lowest BCUT2D eigenvalue weighted by Crippen LogP contribution is -2.46. The highest BCUT2D eigenvalue weighted by Crippen LogP contribution is 2.29. The summed E-state index contributed by atoms with van der Waals surface area (Å²) in [6.07, 6.45) is 3.18. The van der Waals surface area contributed by atoms with Crippen LogP contribution < -0.4 is 0 Å². The number of rotatable bonds is 6. The molecule has 1 aromatic heterocycles. The lowest BCUT2D eigenvalue weighted by molar-refractivity contribution is -0.0435. The number of nitrogens with zero attached hydrogens (tertiary/aromatic N) is 3. The summed E-state index contributed by atoms with van der Waals surface area (Å²) in [5, 5.41) is 7.38. The molecule has 1 saturated heterocycles. The Morgan fingerprint density at radius 1 is 1.33 bits per heavy atom. The molecular weight excluding hydrogens is 264 g/mol. The summed E-state index contributed by atoms with van der Waals surface area (Å²) in [5.41, 5.74) is 3.67. The van der Waals surface area contributed by atoms with Crippen molar-refractivity contribution in [2.24, 2.45) is 5.92 Å². The van der Waals surface area contributed by atoms with Crippen LogP contribution in [0.2, 0.25) is 0 Å². The topological polar surface area (TPSA) is 44.4 Å². The number of aryl methyl sites for hydroxylation is 2. The van der Waals surface area contributed by atoms with Gasteiger partial charge >= 0.3 is 0 Å². The molecule has 1 saturated carbocycles. The van der Waals surface area contributed by atoms with Gasteiger partial charge in [0.05, 0.1) is 18.4 Å². The summed E-state index contributed by atoms with van der Waals surface area (Å²) in [6.45, 7) is 10.4. The van der Waals surface area contributed by atoms with Gasteiger partial charge < -0.3 is 9.64 Å². The van der Waals surface area contributed by atoms with Gasteiger partial charge in [0.25, 0.3) is 0 Å². The van der Waals surface area contributed by atoms with Gasteiger partial charge in [-0.1, -0.05) is 0 Å². The fourth-order valence-electron chi connectivity index (χ4n) is 3.23. The molecule has 5 heteroatoms. The van der Waals surface area contributed by atoms with Crippen molar-refractivity contribution >= 4 is 0 Å². The zero-order valence-electron chi connectivity index (χ0n) is 13.6. The second-order valence-corrected chi connectivity index (χ2v) is 6.81. The third-order valence-corrected chi connectivity index (χ3v) is 4.67. The van der Waals surface area contributed by atoms with Crippen LogP contribution in [0.25, 0.3) is 0 Å². The number of hydrogen-bond acceptors (Lipinski definition) is 4. The molecule has 1 aliphatic carbocycles. The van der Waals surface area contributed by atoms with E-state index < -0.39 is 0 Å². The van der Waals surface area contributed by atoms with Crippen LogP contribution >= 0.6 is 0 Å². The number of aromatic amines is 1. The average Bonchev–Trinajstić information content (AvgIpc) is 3.20. The maximum absolute atomic E-state index is 5.95. The Labute approximate surface area is 127 Å². The first-order valence-corrected chi connectivity index (χ1v) is 8.14. The van der Waals surface area contributed by atoms with Gasteiger partial charge in [-0.2, -0.15) is 5.10 Å². The number of hydrogen-bond donors (Lipinski definition) is 1. The summed E-state index contributed by atoms with van der Waals surface area (Å²) in [7, 11) is 2.23. The molecule has 2 fully saturated rings. The SMILES string of the molecule is Cc1n[nH]c(C)c1CN1CCO[C@@H](CN(C)CC2CC2)C1. The van der Waals surface area contributed by atoms with Crippen LogP contribution in [0, 0.1) is 19.8 Å². The van der Waals surface area contributed by atoms with Crippen molar-refractivity contribution in [2.75, 3.05) is 39.8 Å². The van der Waals surface area contributed by atoms with Crippen molar-refractivity contribution in [1.82, 2.24) is 20.0 Å². The fourth-order valence-corrected chi connectivity index (χ4v) is 3.23. The third-order valence-electron chi connectivity index (χ3n) is 4.67. The van der Waals surface area contributed by atoms with Crippen LogP contribution in [0.5, 0.6) is 0 Å². The molecule has 5 nitrogen and oxygen atoms in total. The first kappa shape index (κ1) is 15.0. The molecule has 1 aliphatic heterocycles. The van der Waals surface area contributed by atoms with Crippen LogP contribution in [0.3, 0.4) is 0 Å². The molecule has 0 aromatic carbocycles. The van der Waals surface area contributed by atoms with Crippen molar-refractivity contribution in [3.8, 4) is 0 Å². The standard InChI is InChI=1S/C16H28N4O/c1-12-16(13(2)18-17-12)11-20-6-7-21-15(10-20)9-19(3)8-14-4-5-14/h14-15H,4-11H2,1-3H3,(H,17,18)/t15-/m0/s1. The van der Waals surface area contributed by atoms with E-state index in [2.05, 4.69) is 40.9 Å². The molecule has 1 N–H and O–H groups in total. The highest BCUT2D eigenvalue weighted by atomic mass is 16.5. The van der Waals surface area contributed by atoms with Crippen LogP contribution in [0.1, 0.15) is 29.8 Å². The smallest absolute Gasteiger partial charge is 0.0829 e. The quantitative estimate of drug-likeness (QED) is 0.864. The Morgan fingerprint density at radius 2 is 2.14 bits per heavy atom. The number of nitrogens with one attached hydrogen (secondary N) is 1. The zero-order chi connectivity index (χ0) is 14.8. The van der Waals surface area contributed by atoms with Gasteiger partial charge in [-0.25, -0.2) is 0 Å². The van der Waals surface area contributed by atoms with Gasteiger partial charge in [-0.3, -0.25) is 10.00 Å². The van der Waals surface area contributed by atoms with Crippen molar-refractivity contribution < 1.29 is 4.74 Å². The molecule has 2 heterocycles. The lowest BCUT2D eigenvalue weighted by Gasteiger charge is -2.35. The van der Waals surface area contributed by atoms with E-state index in [1.165, 1.54) is 30.6 Å². The van der Waals surface area contributed by atoms with E-state index in [4.69, 9.17) is 4.74 Å². The summed E-state index contributed by atoms with van der Waals surface area (Å²) < 4.78 is 5.95. The minimum absolute atomic E-state index is 0.343. The number of H-pyrrole nitrogens is 1. The van der Waals surface area contributed by atoms with E-state index in [9.17, 15) is 0 Å². The summed E-state index contributed by atoms with van der Waals surface area (Å²) >= 11 is 0. The Balaban J connectivity index is 1.50. The average molecular weight is 292 g/mol. The maximum Gasteiger partial charge on any atom is 0.0829 e. The van der Waals surface area contributed by atoms with E-state index in [0.717, 1.165) is 44.4 Å². The molecule has 0 spiro atoms. The summed E-state index contributed by atoms with van der Waals surface area (Å²) in [6, 6.07) is 0. The number of aromatic nitrogens is 2. The van der Waals surface area contributed by atoms with Gasteiger partial charge in [0.15, 0.2) is 0 Å². The number of likely N-dealkylation sites (N-methyl/N-ethyl adjacent to an activating group) is 1. The monoisotopic (exact) mass is 292 g/mol. The molecule has 3 rings (SSSR count). The van der Waals surface area contributed by atoms with Crippen LogP contribution in [-0.4, -0.2) is 65.9 Å². The second-order valence-electron chi connectivity index (χ2n) is 6.81. The molecule has 0 bridgehead atoms. The number of ether oxygens (including phenoxy) is 1. The predicted molar refractivity (Wildman–Crippen MR) is 83.3 cm³/mol. The molecule has 0 radical (unpaired) electrons. The molecule has 0 amide bonds. The first-order chi connectivity index (χ1) is 10.1. The summed E-state index contributed by atoms with van der Waals surface area (Å²) in [4.78, 5) is 4.95. The second kappa shape index (κ2) is 6.46. The van der Waals surface area contributed by atoms with Gasteiger partial charge in [0.2, 0.25) is 0 Å². The van der Waals surface area contributed by atoms with E-state index in [1.54, 1.807) is 0 Å². The normalized spacial score (nSPS) is 23.9. The minimum atomic E-state index is 0.343. The summed E-state index contributed by atoms with van der Waals surface area (Å²) in [5.74, 6) is 0.950. The highest BCUT2D eigenvalue weighted by Gasteiger charge is 2.26. The number of morpholine rings is 1. The Bertz CT molecular complexity index is 449. The van der Waals surface area contributed by atoms with Gasteiger partial charge in [-0.15, -0.1) is 0 Å².